The van der Waals surface area contributed by atoms with Gasteiger partial charge >= 0.3 is 0 Å². The van der Waals surface area contributed by atoms with Gasteiger partial charge in [0.05, 0.1) is 0 Å². The molecule has 0 aliphatic heterocycles. The Morgan fingerprint density at radius 3 is 2.57 bits per heavy atom. The van der Waals surface area contributed by atoms with Crippen LogP contribution in [-0.2, 0) is 0 Å². The number of para-hydroxylation sites is 1. The first-order valence-corrected chi connectivity index (χ1v) is 6.85. The van der Waals surface area contributed by atoms with E-state index >= 15 is 0 Å². The van der Waals surface area contributed by atoms with Crippen molar-refractivity contribution in [3.05, 3.63) is 58.9 Å². The number of amides is 1. The predicted octanol–water partition coefficient (Wildman–Crippen LogP) is 4.09. The molecular weight excluding hydrogens is 267 g/mol. The fourth-order valence-electron chi connectivity index (χ4n) is 2.27. The standard InChI is InChI=1S/C17H19FN2O/c1-10(2)15-6-4-5-11(3)16(15)20-17(21)12-7-13(18)9-14(19)8-12/h4-10H,19H2,1-3H3,(H,20,21). The molecule has 0 aromatic heterocycles. The molecule has 2 rings (SSSR count). The summed E-state index contributed by atoms with van der Waals surface area (Å²) in [5.74, 6) is -0.607. The van der Waals surface area contributed by atoms with Crippen molar-refractivity contribution in [1.82, 2.24) is 0 Å². The molecule has 0 aliphatic carbocycles. The molecule has 0 spiro atoms. The van der Waals surface area contributed by atoms with Crippen LogP contribution in [0, 0.1) is 12.7 Å². The molecule has 0 bridgehead atoms. The third-order valence-electron chi connectivity index (χ3n) is 3.35. The Hall–Kier alpha value is -2.36. The minimum absolute atomic E-state index is 0.213. The van der Waals surface area contributed by atoms with E-state index in [9.17, 15) is 9.18 Å². The molecule has 0 saturated carbocycles. The summed E-state index contributed by atoms with van der Waals surface area (Å²) < 4.78 is 13.4. The van der Waals surface area contributed by atoms with Gasteiger partial charge in [-0.1, -0.05) is 32.0 Å². The zero-order valence-electron chi connectivity index (χ0n) is 12.4. The van der Waals surface area contributed by atoms with Crippen LogP contribution in [0.4, 0.5) is 15.8 Å². The molecule has 1 amide bonds. The van der Waals surface area contributed by atoms with Crippen molar-refractivity contribution < 1.29 is 9.18 Å². The van der Waals surface area contributed by atoms with Crippen LogP contribution in [0.2, 0.25) is 0 Å². The summed E-state index contributed by atoms with van der Waals surface area (Å²) in [6, 6.07) is 9.70. The van der Waals surface area contributed by atoms with E-state index in [1.807, 2.05) is 25.1 Å². The Bertz CT molecular complexity index is 660. The summed E-state index contributed by atoms with van der Waals surface area (Å²) in [5, 5.41) is 2.87. The van der Waals surface area contributed by atoms with Gasteiger partial charge in [-0.3, -0.25) is 4.79 Å². The highest BCUT2D eigenvalue weighted by Crippen LogP contribution is 2.28. The lowest BCUT2D eigenvalue weighted by atomic mass is 9.98. The third kappa shape index (κ3) is 3.40. The zero-order valence-corrected chi connectivity index (χ0v) is 12.4. The molecule has 3 N–H and O–H groups in total. The molecule has 110 valence electrons. The summed E-state index contributed by atoms with van der Waals surface area (Å²) in [5.41, 5.74) is 8.82. The lowest BCUT2D eigenvalue weighted by Crippen LogP contribution is -2.15. The number of carbonyl (C=O) groups excluding carboxylic acids is 1. The Morgan fingerprint density at radius 2 is 1.95 bits per heavy atom. The van der Waals surface area contributed by atoms with Crippen LogP contribution in [0.15, 0.2) is 36.4 Å². The topological polar surface area (TPSA) is 55.1 Å². The molecular formula is C17H19FN2O. The van der Waals surface area contributed by atoms with Gasteiger partial charge in [0.2, 0.25) is 0 Å². The van der Waals surface area contributed by atoms with Gasteiger partial charge in [-0.15, -0.1) is 0 Å². The lowest BCUT2D eigenvalue weighted by Gasteiger charge is -2.16. The van der Waals surface area contributed by atoms with Gasteiger partial charge < -0.3 is 11.1 Å². The van der Waals surface area contributed by atoms with Crippen LogP contribution in [0.1, 0.15) is 41.3 Å². The molecule has 0 aliphatic rings. The molecule has 0 atom stereocenters. The largest absolute Gasteiger partial charge is 0.399 e. The van der Waals surface area contributed by atoms with Crippen molar-refractivity contribution in [2.45, 2.75) is 26.7 Å². The van der Waals surface area contributed by atoms with Crippen LogP contribution in [0.3, 0.4) is 0 Å². The summed E-state index contributed by atoms with van der Waals surface area (Å²) in [6.45, 7) is 6.05. The Kier molecular flexibility index (Phi) is 4.26. The lowest BCUT2D eigenvalue weighted by molar-refractivity contribution is 0.102. The monoisotopic (exact) mass is 286 g/mol. The summed E-state index contributed by atoms with van der Waals surface area (Å²) in [6.07, 6.45) is 0. The number of hydrogen-bond acceptors (Lipinski definition) is 2. The Labute approximate surface area is 124 Å². The van der Waals surface area contributed by atoms with Gasteiger partial charge in [-0.2, -0.15) is 0 Å². The normalized spacial score (nSPS) is 10.7. The molecule has 4 heteroatoms. The fraction of sp³-hybridized carbons (Fsp3) is 0.235. The average molecular weight is 286 g/mol. The number of rotatable bonds is 3. The molecule has 0 radical (unpaired) electrons. The number of nitrogen functional groups attached to an aromatic ring is 1. The van der Waals surface area contributed by atoms with E-state index in [1.54, 1.807) is 0 Å². The molecule has 2 aromatic rings. The predicted molar refractivity (Wildman–Crippen MR) is 84.0 cm³/mol. The highest BCUT2D eigenvalue weighted by molar-refractivity contribution is 6.05. The quantitative estimate of drug-likeness (QED) is 0.835. The second kappa shape index (κ2) is 5.95. The molecule has 0 saturated heterocycles. The van der Waals surface area contributed by atoms with Crippen LogP contribution in [0.25, 0.3) is 0 Å². The van der Waals surface area contributed by atoms with E-state index < -0.39 is 5.82 Å². The van der Waals surface area contributed by atoms with Crippen molar-refractivity contribution >= 4 is 17.3 Å². The maximum absolute atomic E-state index is 13.4. The minimum atomic E-state index is -0.519. The van der Waals surface area contributed by atoms with Crippen LogP contribution in [-0.4, -0.2) is 5.91 Å². The molecule has 0 fully saturated rings. The Morgan fingerprint density at radius 1 is 1.24 bits per heavy atom. The van der Waals surface area contributed by atoms with Crippen molar-refractivity contribution in [3.63, 3.8) is 0 Å². The molecule has 0 heterocycles. The number of halogens is 1. The summed E-state index contributed by atoms with van der Waals surface area (Å²) in [4.78, 5) is 12.3. The van der Waals surface area contributed by atoms with Crippen molar-refractivity contribution in [1.29, 1.82) is 0 Å². The van der Waals surface area contributed by atoms with Gasteiger partial charge in [0.25, 0.3) is 5.91 Å². The van der Waals surface area contributed by atoms with E-state index in [2.05, 4.69) is 19.2 Å². The number of benzene rings is 2. The number of carbonyl (C=O) groups is 1. The smallest absolute Gasteiger partial charge is 0.255 e. The van der Waals surface area contributed by atoms with Crippen LogP contribution >= 0.6 is 0 Å². The van der Waals surface area contributed by atoms with E-state index in [0.29, 0.717) is 0 Å². The number of aryl methyl sites for hydroxylation is 1. The highest BCUT2D eigenvalue weighted by Gasteiger charge is 2.14. The summed E-state index contributed by atoms with van der Waals surface area (Å²) >= 11 is 0. The molecule has 0 unspecified atom stereocenters. The molecule has 21 heavy (non-hydrogen) atoms. The van der Waals surface area contributed by atoms with E-state index in [1.165, 1.54) is 18.2 Å². The first-order valence-electron chi connectivity index (χ1n) is 6.85. The van der Waals surface area contributed by atoms with Crippen molar-refractivity contribution in [2.75, 3.05) is 11.1 Å². The minimum Gasteiger partial charge on any atom is -0.399 e. The second-order valence-electron chi connectivity index (χ2n) is 5.42. The highest BCUT2D eigenvalue weighted by atomic mass is 19.1. The number of nitrogens with one attached hydrogen (secondary N) is 1. The SMILES string of the molecule is Cc1cccc(C(C)C)c1NC(=O)c1cc(N)cc(F)c1. The van der Waals surface area contributed by atoms with Crippen molar-refractivity contribution in [2.24, 2.45) is 0 Å². The molecule has 3 nitrogen and oxygen atoms in total. The van der Waals surface area contributed by atoms with E-state index in [-0.39, 0.29) is 23.1 Å². The van der Waals surface area contributed by atoms with Crippen LogP contribution < -0.4 is 11.1 Å². The van der Waals surface area contributed by atoms with Gasteiger partial charge in [-0.05, 0) is 42.2 Å². The number of anilines is 2. The second-order valence-corrected chi connectivity index (χ2v) is 5.42. The third-order valence-corrected chi connectivity index (χ3v) is 3.35. The summed E-state index contributed by atoms with van der Waals surface area (Å²) in [7, 11) is 0. The maximum atomic E-state index is 13.4. The van der Waals surface area contributed by atoms with Crippen LogP contribution in [0.5, 0.6) is 0 Å². The van der Waals surface area contributed by atoms with Gasteiger partial charge in [0, 0.05) is 16.9 Å². The van der Waals surface area contributed by atoms with E-state index in [4.69, 9.17) is 5.73 Å². The zero-order chi connectivity index (χ0) is 15.6. The van der Waals surface area contributed by atoms with Gasteiger partial charge in [0.1, 0.15) is 5.82 Å². The number of nitrogens with two attached hydrogens (primary N) is 1. The molecule has 2 aromatic carbocycles. The first-order chi connectivity index (χ1) is 9.88. The van der Waals surface area contributed by atoms with Crippen molar-refractivity contribution in [3.8, 4) is 0 Å². The van der Waals surface area contributed by atoms with Gasteiger partial charge in [0.15, 0.2) is 0 Å². The maximum Gasteiger partial charge on any atom is 0.255 e. The Balaban J connectivity index is 2.36. The number of hydrogen-bond donors (Lipinski definition) is 2. The first kappa shape index (κ1) is 15.0. The van der Waals surface area contributed by atoms with Gasteiger partial charge in [-0.25, -0.2) is 4.39 Å². The average Bonchev–Trinajstić information content (AvgIpc) is 2.39. The fourth-order valence-corrected chi connectivity index (χ4v) is 2.27. The van der Waals surface area contributed by atoms with E-state index in [0.717, 1.165) is 16.8 Å².